The van der Waals surface area contributed by atoms with Gasteiger partial charge in [-0.2, -0.15) is 0 Å². The number of aryl methyl sites for hydroxylation is 1. The number of hydrogen-bond donors (Lipinski definition) is 0. The second-order valence-electron chi connectivity index (χ2n) is 8.26. The predicted molar refractivity (Wildman–Crippen MR) is 143 cm³/mol. The number of rotatable bonds is 6. The highest BCUT2D eigenvalue weighted by Gasteiger charge is 2.33. The molecule has 1 amide bonds. The molecule has 4 nitrogen and oxygen atoms in total. The lowest BCUT2D eigenvalue weighted by Crippen LogP contribution is -2.28. The number of carbonyl (C=O) groups excluding carboxylic acids is 1. The van der Waals surface area contributed by atoms with Gasteiger partial charge in [0.2, 0.25) is 0 Å². The molecule has 168 valence electrons. The summed E-state index contributed by atoms with van der Waals surface area (Å²) in [5.74, 6) is -0.0275. The normalized spacial score (nSPS) is 16.1. The second-order valence-corrected chi connectivity index (χ2v) is 9.27. The Bertz CT molecular complexity index is 1420. The quantitative estimate of drug-likeness (QED) is 0.229. The molecule has 5 heteroatoms. The average molecular weight is 464 g/mol. The molecule has 0 atom stereocenters. The molecule has 34 heavy (non-hydrogen) atoms. The largest absolute Gasteiger partial charge is 0.343 e. The summed E-state index contributed by atoms with van der Waals surface area (Å²) in [4.78, 5) is 20.9. The number of amides is 1. The average Bonchev–Trinajstić information content (AvgIpc) is 3.34. The molecule has 0 bridgehead atoms. The molecular formula is C29H25N3OS. The molecular weight excluding hydrogens is 438 g/mol. The number of benzene rings is 3. The zero-order valence-corrected chi connectivity index (χ0v) is 19.8. The summed E-state index contributed by atoms with van der Waals surface area (Å²) in [5.41, 5.74) is 5.22. The van der Waals surface area contributed by atoms with Gasteiger partial charge in [0.05, 0.1) is 17.1 Å². The zero-order valence-electron chi connectivity index (χ0n) is 19.0. The van der Waals surface area contributed by atoms with E-state index < -0.39 is 0 Å². The Balaban J connectivity index is 1.55. The fraction of sp³-hybridized carbons (Fsp3) is 0.103. The molecule has 1 aliphatic heterocycles. The first kappa shape index (κ1) is 22.0. The molecule has 5 rings (SSSR count). The lowest BCUT2D eigenvalue weighted by Gasteiger charge is -2.15. The first-order chi connectivity index (χ1) is 16.6. The number of carbonyl (C=O) groups is 1. The van der Waals surface area contributed by atoms with Crippen LogP contribution in [0.2, 0.25) is 0 Å². The van der Waals surface area contributed by atoms with Crippen molar-refractivity contribution in [2.45, 2.75) is 20.0 Å². The lowest BCUT2D eigenvalue weighted by atomic mass is 10.1. The van der Waals surface area contributed by atoms with Gasteiger partial charge in [-0.1, -0.05) is 72.3 Å². The highest BCUT2D eigenvalue weighted by atomic mass is 32.2. The maximum atomic E-state index is 13.6. The van der Waals surface area contributed by atoms with Crippen LogP contribution in [0.1, 0.15) is 16.7 Å². The van der Waals surface area contributed by atoms with Crippen LogP contribution in [0.4, 0.5) is 5.69 Å². The minimum Gasteiger partial charge on any atom is -0.343 e. The highest BCUT2D eigenvalue weighted by Crippen LogP contribution is 2.36. The van der Waals surface area contributed by atoms with Crippen LogP contribution in [0.15, 0.2) is 108 Å². The van der Waals surface area contributed by atoms with Gasteiger partial charge in [-0.25, -0.2) is 4.99 Å². The number of para-hydroxylation sites is 1. The molecule has 0 N–H and O–H groups in total. The molecule has 1 aliphatic rings. The van der Waals surface area contributed by atoms with Crippen LogP contribution in [0, 0.1) is 6.92 Å². The van der Waals surface area contributed by atoms with E-state index in [-0.39, 0.29) is 5.91 Å². The Kier molecular flexibility index (Phi) is 6.19. The SMILES string of the molecule is C=CCn1cc(/C=C2/SC(=Nc3ccc(C)cc3)N(Cc3ccccc3)C2=O)c2ccccc21. The standard InChI is InChI=1S/C29H25N3OS/c1-3-17-31-20-23(25-11-7-8-12-26(25)31)18-27-28(33)32(19-22-9-5-4-6-10-22)29(34-27)30-24-15-13-21(2)14-16-24/h3-16,18,20H,1,17,19H2,2H3/b27-18+,30-29?. The summed E-state index contributed by atoms with van der Waals surface area (Å²) >= 11 is 1.43. The predicted octanol–water partition coefficient (Wildman–Crippen LogP) is 6.94. The Morgan fingerprint density at radius 2 is 1.71 bits per heavy atom. The fourth-order valence-electron chi connectivity index (χ4n) is 4.05. The Labute approximate surface area is 203 Å². The van der Waals surface area contributed by atoms with Crippen molar-refractivity contribution in [1.82, 2.24) is 9.47 Å². The lowest BCUT2D eigenvalue weighted by molar-refractivity contribution is -0.122. The van der Waals surface area contributed by atoms with Crippen molar-refractivity contribution in [3.05, 3.63) is 119 Å². The minimum atomic E-state index is -0.0275. The van der Waals surface area contributed by atoms with Gasteiger partial charge in [0.15, 0.2) is 5.17 Å². The summed E-state index contributed by atoms with van der Waals surface area (Å²) in [6, 6.07) is 26.3. The summed E-state index contributed by atoms with van der Waals surface area (Å²) in [6.45, 7) is 7.12. The van der Waals surface area contributed by atoms with Gasteiger partial charge < -0.3 is 4.57 Å². The van der Waals surface area contributed by atoms with E-state index in [4.69, 9.17) is 4.99 Å². The van der Waals surface area contributed by atoms with Crippen LogP contribution in [0.3, 0.4) is 0 Å². The molecule has 2 heterocycles. The van der Waals surface area contributed by atoms with Crippen molar-refractivity contribution in [3.63, 3.8) is 0 Å². The van der Waals surface area contributed by atoms with E-state index in [9.17, 15) is 4.79 Å². The molecule has 0 unspecified atom stereocenters. The molecule has 0 radical (unpaired) electrons. The van der Waals surface area contributed by atoms with Crippen LogP contribution >= 0.6 is 11.8 Å². The van der Waals surface area contributed by atoms with Crippen LogP contribution in [0.25, 0.3) is 17.0 Å². The van der Waals surface area contributed by atoms with Crippen LogP contribution in [-0.2, 0) is 17.9 Å². The highest BCUT2D eigenvalue weighted by molar-refractivity contribution is 8.18. The van der Waals surface area contributed by atoms with Gasteiger partial charge in [0.25, 0.3) is 5.91 Å². The number of aliphatic imine (C=N–C) groups is 1. The van der Waals surface area contributed by atoms with E-state index in [2.05, 4.69) is 36.4 Å². The van der Waals surface area contributed by atoms with Crippen LogP contribution < -0.4 is 0 Å². The van der Waals surface area contributed by atoms with Gasteiger partial charge in [0.1, 0.15) is 0 Å². The van der Waals surface area contributed by atoms with E-state index in [1.54, 1.807) is 4.90 Å². The van der Waals surface area contributed by atoms with Crippen LogP contribution in [0.5, 0.6) is 0 Å². The topological polar surface area (TPSA) is 37.6 Å². The number of nitrogens with zero attached hydrogens (tertiary/aromatic N) is 3. The summed E-state index contributed by atoms with van der Waals surface area (Å²) in [7, 11) is 0. The zero-order chi connectivity index (χ0) is 23.5. The second kappa shape index (κ2) is 9.57. The first-order valence-electron chi connectivity index (χ1n) is 11.2. The Morgan fingerprint density at radius 3 is 2.47 bits per heavy atom. The van der Waals surface area contributed by atoms with Crippen molar-refractivity contribution in [2.24, 2.45) is 4.99 Å². The number of thioether (sulfide) groups is 1. The molecule has 0 saturated carbocycles. The van der Waals surface area contributed by atoms with Gasteiger partial charge >= 0.3 is 0 Å². The van der Waals surface area contributed by atoms with Gasteiger partial charge in [-0.05, 0) is 48.5 Å². The van der Waals surface area contributed by atoms with Crippen molar-refractivity contribution < 1.29 is 4.79 Å². The number of hydrogen-bond acceptors (Lipinski definition) is 3. The molecule has 1 fully saturated rings. The van der Waals surface area contributed by atoms with Gasteiger partial charge in [-0.3, -0.25) is 9.69 Å². The van der Waals surface area contributed by atoms with Crippen LogP contribution in [-0.4, -0.2) is 20.5 Å². The summed E-state index contributed by atoms with van der Waals surface area (Å²) < 4.78 is 2.15. The Morgan fingerprint density at radius 1 is 0.971 bits per heavy atom. The van der Waals surface area contributed by atoms with Crippen molar-refractivity contribution in [1.29, 1.82) is 0 Å². The number of aromatic nitrogens is 1. The summed E-state index contributed by atoms with van der Waals surface area (Å²) in [6.07, 6.45) is 5.96. The fourth-order valence-corrected chi connectivity index (χ4v) is 5.04. The number of fused-ring (bicyclic) bond motifs is 1. The molecule has 1 aromatic heterocycles. The first-order valence-corrected chi connectivity index (χ1v) is 12.0. The third kappa shape index (κ3) is 4.47. The molecule has 0 aliphatic carbocycles. The van der Waals surface area contributed by atoms with Crippen molar-refractivity contribution >= 4 is 45.5 Å². The van der Waals surface area contributed by atoms with E-state index in [1.807, 2.05) is 78.9 Å². The monoisotopic (exact) mass is 463 g/mol. The van der Waals surface area contributed by atoms with E-state index in [0.29, 0.717) is 23.2 Å². The van der Waals surface area contributed by atoms with E-state index >= 15 is 0 Å². The maximum absolute atomic E-state index is 13.6. The van der Waals surface area contributed by atoms with E-state index in [0.717, 1.165) is 27.7 Å². The van der Waals surface area contributed by atoms with Crippen molar-refractivity contribution in [2.75, 3.05) is 0 Å². The number of amidine groups is 1. The Hall–Kier alpha value is -3.83. The van der Waals surface area contributed by atoms with Crippen molar-refractivity contribution in [3.8, 4) is 0 Å². The van der Waals surface area contributed by atoms with E-state index in [1.165, 1.54) is 17.3 Å². The molecule has 4 aromatic rings. The molecule has 0 spiro atoms. The number of allylic oxidation sites excluding steroid dienone is 1. The van der Waals surface area contributed by atoms with Gasteiger partial charge in [0, 0.05) is 29.2 Å². The summed E-state index contributed by atoms with van der Waals surface area (Å²) in [5, 5.41) is 1.81. The third-order valence-corrected chi connectivity index (χ3v) is 6.77. The third-order valence-electron chi connectivity index (χ3n) is 5.76. The van der Waals surface area contributed by atoms with Gasteiger partial charge in [-0.15, -0.1) is 6.58 Å². The maximum Gasteiger partial charge on any atom is 0.267 e. The minimum absolute atomic E-state index is 0.0275. The smallest absolute Gasteiger partial charge is 0.267 e. The molecule has 3 aromatic carbocycles. The molecule has 1 saturated heterocycles.